The molecule has 0 saturated heterocycles. The number of nitrogens with one attached hydrogen (secondary N) is 2. The monoisotopic (exact) mass is 361 g/mol. The summed E-state index contributed by atoms with van der Waals surface area (Å²) in [5, 5.41) is 9.96. The van der Waals surface area contributed by atoms with Crippen molar-refractivity contribution in [1.82, 2.24) is 14.8 Å². The molecule has 1 aromatic heterocycles. The Morgan fingerprint density at radius 1 is 1.15 bits per heavy atom. The maximum atomic E-state index is 12.4. The maximum absolute atomic E-state index is 12.4. The molecule has 0 aliphatic carbocycles. The molecule has 136 valence electrons. The Morgan fingerprint density at radius 2 is 1.93 bits per heavy atom. The Labute approximate surface area is 156 Å². The van der Waals surface area contributed by atoms with Gasteiger partial charge in [0.1, 0.15) is 6.04 Å². The molecule has 1 atom stereocenters. The first-order chi connectivity index (χ1) is 13.0. The number of amides is 2. The van der Waals surface area contributed by atoms with Crippen molar-refractivity contribution < 1.29 is 9.59 Å². The quantitative estimate of drug-likeness (QED) is 0.747. The minimum atomic E-state index is -0.712. The highest BCUT2D eigenvalue weighted by molar-refractivity contribution is 6.01. The lowest BCUT2D eigenvalue weighted by Gasteiger charge is -2.11. The fourth-order valence-corrected chi connectivity index (χ4v) is 3.03. The molecule has 0 radical (unpaired) electrons. The van der Waals surface area contributed by atoms with Gasteiger partial charge in [-0.15, -0.1) is 5.10 Å². The van der Waals surface area contributed by atoms with Gasteiger partial charge in [0.2, 0.25) is 11.9 Å². The second-order valence-electron chi connectivity index (χ2n) is 6.63. The lowest BCUT2D eigenvalue weighted by Crippen LogP contribution is -2.23. The second kappa shape index (κ2) is 6.68. The van der Waals surface area contributed by atoms with Crippen molar-refractivity contribution in [1.29, 1.82) is 0 Å². The molecule has 1 aliphatic heterocycles. The number of aromatic nitrogens is 3. The topological polar surface area (TPSA) is 88.9 Å². The SMILES string of the molecule is Cc1ccc(NC(=O)C[C@@H]2C(=O)Nc3nc(-c4ccccc4)nn32)cc1C. The molecule has 7 nitrogen and oxygen atoms in total. The Kier molecular flexibility index (Phi) is 4.19. The van der Waals surface area contributed by atoms with Crippen LogP contribution in [-0.2, 0) is 9.59 Å². The van der Waals surface area contributed by atoms with Gasteiger partial charge >= 0.3 is 0 Å². The molecular weight excluding hydrogens is 342 g/mol. The first-order valence-electron chi connectivity index (χ1n) is 8.71. The number of nitrogens with zero attached hydrogens (tertiary/aromatic N) is 3. The number of benzene rings is 2. The summed E-state index contributed by atoms with van der Waals surface area (Å²) >= 11 is 0. The molecule has 4 rings (SSSR count). The van der Waals surface area contributed by atoms with Crippen molar-refractivity contribution in [3.8, 4) is 11.4 Å². The van der Waals surface area contributed by atoms with E-state index in [1.807, 2.05) is 62.4 Å². The molecule has 3 aromatic rings. The van der Waals surface area contributed by atoms with Gasteiger partial charge in [-0.25, -0.2) is 4.68 Å². The van der Waals surface area contributed by atoms with Gasteiger partial charge in [0.05, 0.1) is 6.42 Å². The number of hydrogen-bond donors (Lipinski definition) is 2. The van der Waals surface area contributed by atoms with Gasteiger partial charge < -0.3 is 5.32 Å². The van der Waals surface area contributed by atoms with Crippen molar-refractivity contribution >= 4 is 23.5 Å². The van der Waals surface area contributed by atoms with E-state index in [4.69, 9.17) is 0 Å². The minimum Gasteiger partial charge on any atom is -0.326 e. The Bertz CT molecular complexity index is 1030. The van der Waals surface area contributed by atoms with E-state index in [9.17, 15) is 9.59 Å². The number of carbonyl (C=O) groups is 2. The van der Waals surface area contributed by atoms with Gasteiger partial charge in [-0.1, -0.05) is 36.4 Å². The third-order valence-corrected chi connectivity index (χ3v) is 4.67. The van der Waals surface area contributed by atoms with Crippen LogP contribution in [0.4, 0.5) is 11.6 Å². The van der Waals surface area contributed by atoms with Crippen LogP contribution in [0.3, 0.4) is 0 Å². The van der Waals surface area contributed by atoms with Crippen LogP contribution in [0.1, 0.15) is 23.6 Å². The highest BCUT2D eigenvalue weighted by Crippen LogP contribution is 2.28. The molecule has 0 bridgehead atoms. The van der Waals surface area contributed by atoms with E-state index in [1.54, 1.807) is 0 Å². The zero-order valence-electron chi connectivity index (χ0n) is 15.1. The summed E-state index contributed by atoms with van der Waals surface area (Å²) in [5.74, 6) is 0.357. The number of carbonyl (C=O) groups excluding carboxylic acids is 2. The van der Waals surface area contributed by atoms with Gasteiger partial charge in [0.15, 0.2) is 5.82 Å². The molecule has 0 unspecified atom stereocenters. The van der Waals surface area contributed by atoms with Crippen molar-refractivity contribution in [3.05, 3.63) is 59.7 Å². The van der Waals surface area contributed by atoms with E-state index in [0.29, 0.717) is 17.5 Å². The average Bonchev–Trinajstić information content (AvgIpc) is 3.18. The van der Waals surface area contributed by atoms with Crippen LogP contribution in [0.2, 0.25) is 0 Å². The van der Waals surface area contributed by atoms with E-state index in [1.165, 1.54) is 4.68 Å². The molecule has 7 heteroatoms. The predicted molar refractivity (Wildman–Crippen MR) is 102 cm³/mol. The molecule has 2 heterocycles. The van der Waals surface area contributed by atoms with E-state index in [2.05, 4.69) is 20.7 Å². The summed E-state index contributed by atoms with van der Waals surface area (Å²) in [5.41, 5.74) is 3.82. The molecular formula is C20H19N5O2. The summed E-state index contributed by atoms with van der Waals surface area (Å²) in [6, 6.07) is 14.5. The molecule has 2 N–H and O–H groups in total. The van der Waals surface area contributed by atoms with Crippen molar-refractivity contribution in [2.24, 2.45) is 0 Å². The van der Waals surface area contributed by atoms with Crippen LogP contribution >= 0.6 is 0 Å². The van der Waals surface area contributed by atoms with Crippen LogP contribution in [0, 0.1) is 13.8 Å². The van der Waals surface area contributed by atoms with Crippen LogP contribution in [-0.4, -0.2) is 26.6 Å². The standard InChI is InChI=1S/C20H19N5O2/c1-12-8-9-15(10-13(12)2)21-17(26)11-16-19(27)23-20-22-18(24-25(16)20)14-6-4-3-5-7-14/h3-10,16H,11H2,1-2H3,(H,21,26)(H,22,23,24,27)/t16-/m1/s1. The highest BCUT2D eigenvalue weighted by atomic mass is 16.2. The fourth-order valence-electron chi connectivity index (χ4n) is 3.03. The minimum absolute atomic E-state index is 0.0106. The molecule has 2 amide bonds. The summed E-state index contributed by atoms with van der Waals surface area (Å²) in [6.45, 7) is 4.00. The van der Waals surface area contributed by atoms with Gasteiger partial charge in [-0.3, -0.25) is 14.9 Å². The van der Waals surface area contributed by atoms with Gasteiger partial charge in [-0.2, -0.15) is 4.98 Å². The molecule has 27 heavy (non-hydrogen) atoms. The summed E-state index contributed by atoms with van der Waals surface area (Å²) in [6.07, 6.45) is -0.0106. The van der Waals surface area contributed by atoms with Crippen LogP contribution < -0.4 is 10.6 Å². The molecule has 2 aromatic carbocycles. The van der Waals surface area contributed by atoms with Crippen molar-refractivity contribution in [2.45, 2.75) is 26.3 Å². The molecule has 0 fully saturated rings. The van der Waals surface area contributed by atoms with Crippen molar-refractivity contribution in [2.75, 3.05) is 10.6 Å². The summed E-state index contributed by atoms with van der Waals surface area (Å²) < 4.78 is 1.49. The van der Waals surface area contributed by atoms with E-state index in [0.717, 1.165) is 16.7 Å². The first-order valence-corrected chi connectivity index (χ1v) is 8.71. The number of anilines is 2. The van der Waals surface area contributed by atoms with Crippen LogP contribution in [0.5, 0.6) is 0 Å². The van der Waals surface area contributed by atoms with Crippen LogP contribution in [0.15, 0.2) is 48.5 Å². The first kappa shape index (κ1) is 17.0. The fraction of sp³-hybridized carbons (Fsp3) is 0.200. The highest BCUT2D eigenvalue weighted by Gasteiger charge is 2.35. The van der Waals surface area contributed by atoms with Gasteiger partial charge in [0.25, 0.3) is 5.91 Å². The normalized spacial score (nSPS) is 15.3. The summed E-state index contributed by atoms with van der Waals surface area (Å²) in [7, 11) is 0. The zero-order chi connectivity index (χ0) is 19.0. The third-order valence-electron chi connectivity index (χ3n) is 4.67. The Balaban J connectivity index is 1.51. The molecule has 0 saturated carbocycles. The zero-order valence-corrected chi connectivity index (χ0v) is 15.1. The lowest BCUT2D eigenvalue weighted by molar-refractivity contribution is -0.123. The molecule has 1 aliphatic rings. The number of aryl methyl sites for hydroxylation is 2. The lowest BCUT2D eigenvalue weighted by atomic mass is 10.1. The average molecular weight is 361 g/mol. The van der Waals surface area contributed by atoms with Crippen LogP contribution in [0.25, 0.3) is 11.4 Å². The number of fused-ring (bicyclic) bond motifs is 1. The van der Waals surface area contributed by atoms with Gasteiger partial charge in [0, 0.05) is 11.3 Å². The second-order valence-corrected chi connectivity index (χ2v) is 6.63. The smallest absolute Gasteiger partial charge is 0.252 e. The maximum Gasteiger partial charge on any atom is 0.252 e. The largest absolute Gasteiger partial charge is 0.326 e. The predicted octanol–water partition coefficient (Wildman–Crippen LogP) is 3.08. The number of rotatable bonds is 4. The van der Waals surface area contributed by atoms with E-state index in [-0.39, 0.29) is 18.2 Å². The third kappa shape index (κ3) is 3.31. The Morgan fingerprint density at radius 3 is 2.67 bits per heavy atom. The van der Waals surface area contributed by atoms with Gasteiger partial charge in [-0.05, 0) is 37.1 Å². The summed E-state index contributed by atoms with van der Waals surface area (Å²) in [4.78, 5) is 29.0. The van der Waals surface area contributed by atoms with E-state index < -0.39 is 6.04 Å². The Hall–Kier alpha value is -3.48. The molecule has 0 spiro atoms. The van der Waals surface area contributed by atoms with Crippen molar-refractivity contribution in [3.63, 3.8) is 0 Å². The number of hydrogen-bond acceptors (Lipinski definition) is 4. The van der Waals surface area contributed by atoms with E-state index >= 15 is 0 Å².